The Kier molecular flexibility index (Phi) is 6.31. The maximum Gasteiger partial charge on any atom is 0.350 e. The van der Waals surface area contributed by atoms with Gasteiger partial charge in [0.05, 0.1) is 13.0 Å². The molecule has 1 atom stereocenters. The molecule has 0 fully saturated rings. The van der Waals surface area contributed by atoms with E-state index >= 15 is 0 Å². The number of benzene rings is 2. The number of rotatable bonds is 4. The van der Waals surface area contributed by atoms with Crippen molar-refractivity contribution in [1.82, 2.24) is 0 Å². The van der Waals surface area contributed by atoms with Gasteiger partial charge >= 0.3 is 5.72 Å². The zero-order valence-electron chi connectivity index (χ0n) is 18.2. The fraction of sp³-hybridized carbons (Fsp3) is 0.391. The van der Waals surface area contributed by atoms with Crippen LogP contribution in [0, 0.1) is 20.8 Å². The van der Waals surface area contributed by atoms with Gasteiger partial charge in [-0.15, -0.1) is 0 Å². The highest BCUT2D eigenvalue weighted by molar-refractivity contribution is 8.13. The van der Waals surface area contributed by atoms with Crippen molar-refractivity contribution in [2.45, 2.75) is 52.8 Å². The van der Waals surface area contributed by atoms with Crippen LogP contribution in [0.2, 0.25) is 0 Å². The Morgan fingerprint density at radius 3 is 2.73 bits per heavy atom. The number of phenols is 1. The average molecular weight is 429 g/mol. The molecule has 2 aromatic rings. The Bertz CT molecular complexity index is 1030. The number of hydrogen-bond acceptors (Lipinski definition) is 5. The SMILES string of the molecule is CSC(N)=NCc1cccc(/C=[N+](\O)C2(C)CCc3c(C)c(O)c(C)c(C)c3O2)c1. The summed E-state index contributed by atoms with van der Waals surface area (Å²) in [5.74, 6) is 1.08. The third-order valence-electron chi connectivity index (χ3n) is 5.83. The van der Waals surface area contributed by atoms with Gasteiger partial charge in [-0.25, -0.2) is 0 Å². The van der Waals surface area contributed by atoms with E-state index in [4.69, 9.17) is 10.5 Å². The quantitative estimate of drug-likeness (QED) is 0.225. The second-order valence-electron chi connectivity index (χ2n) is 7.89. The van der Waals surface area contributed by atoms with Crippen molar-refractivity contribution in [3.05, 3.63) is 57.6 Å². The lowest BCUT2D eigenvalue weighted by atomic mass is 9.90. The third kappa shape index (κ3) is 4.26. The van der Waals surface area contributed by atoms with E-state index in [1.54, 1.807) is 6.21 Å². The van der Waals surface area contributed by atoms with Crippen molar-refractivity contribution in [3.8, 4) is 11.5 Å². The summed E-state index contributed by atoms with van der Waals surface area (Å²) in [5, 5.41) is 21.8. The van der Waals surface area contributed by atoms with E-state index in [9.17, 15) is 10.3 Å². The van der Waals surface area contributed by atoms with Gasteiger partial charge in [-0.05, 0) is 67.8 Å². The van der Waals surface area contributed by atoms with Crippen molar-refractivity contribution in [1.29, 1.82) is 0 Å². The first-order valence-electron chi connectivity index (χ1n) is 9.93. The van der Waals surface area contributed by atoms with Gasteiger partial charge in [-0.2, -0.15) is 0 Å². The molecule has 6 nitrogen and oxygen atoms in total. The minimum Gasteiger partial charge on any atom is -0.507 e. The summed E-state index contributed by atoms with van der Waals surface area (Å²) < 4.78 is 7.46. The summed E-state index contributed by atoms with van der Waals surface area (Å²) in [4.78, 5) is 4.32. The lowest BCUT2D eigenvalue weighted by Crippen LogP contribution is -2.47. The van der Waals surface area contributed by atoms with E-state index in [0.29, 0.717) is 30.3 Å². The van der Waals surface area contributed by atoms with Crippen LogP contribution in [0.5, 0.6) is 11.5 Å². The van der Waals surface area contributed by atoms with Gasteiger partial charge in [-0.3, -0.25) is 10.2 Å². The van der Waals surface area contributed by atoms with Crippen LogP contribution >= 0.6 is 11.8 Å². The zero-order chi connectivity index (χ0) is 22.1. The highest BCUT2D eigenvalue weighted by Crippen LogP contribution is 2.43. The number of ether oxygens (including phenoxy) is 1. The number of nitrogens with two attached hydrogens (primary N) is 1. The molecule has 0 aliphatic carbocycles. The number of aromatic hydroxyl groups is 1. The number of hydroxylamine groups is 1. The molecule has 0 saturated heterocycles. The van der Waals surface area contributed by atoms with Gasteiger partial charge in [0.15, 0.2) is 5.17 Å². The number of amidine groups is 1. The van der Waals surface area contributed by atoms with Gasteiger partial charge in [0.2, 0.25) is 6.21 Å². The van der Waals surface area contributed by atoms with Crippen LogP contribution in [0.4, 0.5) is 0 Å². The summed E-state index contributed by atoms with van der Waals surface area (Å²) >= 11 is 1.41. The van der Waals surface area contributed by atoms with Gasteiger partial charge in [0.1, 0.15) is 11.5 Å². The van der Waals surface area contributed by atoms with Crippen LogP contribution in [-0.4, -0.2) is 38.4 Å². The monoisotopic (exact) mass is 428 g/mol. The fourth-order valence-corrected chi connectivity index (χ4v) is 3.87. The first-order valence-corrected chi connectivity index (χ1v) is 11.1. The molecule has 0 amide bonds. The molecule has 1 aliphatic rings. The standard InChI is InChI=1S/C23H29N3O3S/c1-14-15(2)21-19(16(3)20(14)27)9-10-23(4,29-21)26(28)13-18-8-6-7-17(11-18)12-25-22(24)30-5/h6-8,11,13H,9-10,12H2,1-5H3,(H3-,24,25,27,28)/p+1/b26-13-. The average Bonchev–Trinajstić information content (AvgIpc) is 2.74. The van der Waals surface area contributed by atoms with Crippen molar-refractivity contribution >= 4 is 23.1 Å². The number of aliphatic imine (C=N–C) groups is 1. The molecule has 1 heterocycles. The molecular weight excluding hydrogens is 398 g/mol. The first kappa shape index (κ1) is 22.0. The maximum absolute atomic E-state index is 10.9. The van der Waals surface area contributed by atoms with Gasteiger partial charge in [0.25, 0.3) is 0 Å². The van der Waals surface area contributed by atoms with Gasteiger partial charge < -0.3 is 15.6 Å². The van der Waals surface area contributed by atoms with Crippen molar-refractivity contribution in [2.24, 2.45) is 10.7 Å². The second-order valence-corrected chi connectivity index (χ2v) is 8.71. The molecule has 1 unspecified atom stereocenters. The number of fused-ring (bicyclic) bond motifs is 1. The zero-order valence-corrected chi connectivity index (χ0v) is 19.0. The smallest absolute Gasteiger partial charge is 0.350 e. The highest BCUT2D eigenvalue weighted by Gasteiger charge is 2.44. The Morgan fingerprint density at radius 1 is 1.30 bits per heavy atom. The summed E-state index contributed by atoms with van der Waals surface area (Å²) in [7, 11) is 0. The molecule has 3 rings (SSSR count). The molecule has 30 heavy (non-hydrogen) atoms. The molecule has 4 N–H and O–H groups in total. The summed E-state index contributed by atoms with van der Waals surface area (Å²) in [6.45, 7) is 8.09. The number of thioether (sulfide) groups is 1. The van der Waals surface area contributed by atoms with E-state index in [1.807, 2.05) is 58.2 Å². The topological polar surface area (TPSA) is 91.1 Å². The minimum absolute atomic E-state index is 0.326. The minimum atomic E-state index is -0.912. The molecule has 7 heteroatoms. The van der Waals surface area contributed by atoms with Crippen LogP contribution in [0.15, 0.2) is 29.3 Å². The molecule has 0 aromatic heterocycles. The van der Waals surface area contributed by atoms with E-state index in [-0.39, 0.29) is 0 Å². The predicted molar refractivity (Wildman–Crippen MR) is 122 cm³/mol. The van der Waals surface area contributed by atoms with Crippen molar-refractivity contribution in [2.75, 3.05) is 6.26 Å². The van der Waals surface area contributed by atoms with E-state index in [0.717, 1.165) is 43.9 Å². The lowest BCUT2D eigenvalue weighted by molar-refractivity contribution is -0.846. The summed E-state index contributed by atoms with van der Waals surface area (Å²) in [6.07, 6.45) is 4.86. The Morgan fingerprint density at radius 2 is 2.03 bits per heavy atom. The van der Waals surface area contributed by atoms with Crippen LogP contribution in [0.25, 0.3) is 0 Å². The number of nitrogens with zero attached hydrogens (tertiary/aromatic N) is 2. The van der Waals surface area contributed by atoms with E-state index in [2.05, 4.69) is 4.99 Å². The Labute approximate surface area is 182 Å². The third-order valence-corrected chi connectivity index (χ3v) is 6.38. The summed E-state index contributed by atoms with van der Waals surface area (Å²) in [6, 6.07) is 7.80. The van der Waals surface area contributed by atoms with Crippen molar-refractivity contribution in [3.63, 3.8) is 0 Å². The van der Waals surface area contributed by atoms with Crippen molar-refractivity contribution < 1.29 is 19.8 Å². The number of hydrogen-bond donors (Lipinski definition) is 3. The lowest BCUT2D eigenvalue weighted by Gasteiger charge is -2.32. The fourth-order valence-electron chi connectivity index (χ4n) is 3.68. The number of phenolic OH excluding ortho intramolecular Hbond substituents is 1. The largest absolute Gasteiger partial charge is 0.507 e. The molecule has 0 saturated carbocycles. The molecule has 0 radical (unpaired) electrons. The van der Waals surface area contributed by atoms with Crippen LogP contribution in [0.1, 0.15) is 46.7 Å². The Hall–Kier alpha value is -2.67. The molecule has 0 bridgehead atoms. The predicted octanol–water partition coefficient (Wildman–Crippen LogP) is 4.06. The molecule has 0 spiro atoms. The normalized spacial score (nSPS) is 19.4. The van der Waals surface area contributed by atoms with Crippen LogP contribution in [0.3, 0.4) is 0 Å². The second kappa shape index (κ2) is 8.60. The summed E-state index contributed by atoms with van der Waals surface area (Å²) in [5.41, 5.74) is 10.3. The molecule has 160 valence electrons. The highest BCUT2D eigenvalue weighted by atomic mass is 32.2. The maximum atomic E-state index is 10.9. The van der Waals surface area contributed by atoms with Crippen LogP contribution in [-0.2, 0) is 13.0 Å². The molecule has 2 aromatic carbocycles. The van der Waals surface area contributed by atoms with E-state index in [1.165, 1.54) is 11.8 Å². The van der Waals surface area contributed by atoms with Gasteiger partial charge in [-0.1, -0.05) is 23.9 Å². The van der Waals surface area contributed by atoms with Gasteiger partial charge in [0, 0.05) is 22.8 Å². The molecule has 1 aliphatic heterocycles. The first-order chi connectivity index (χ1) is 14.2. The Balaban J connectivity index is 1.89. The van der Waals surface area contributed by atoms with E-state index < -0.39 is 5.72 Å². The van der Waals surface area contributed by atoms with Crippen LogP contribution < -0.4 is 10.5 Å². The molecular formula is C23H30N3O3S+.